The van der Waals surface area contributed by atoms with Gasteiger partial charge in [-0.15, -0.1) is 0 Å². The third-order valence-corrected chi connectivity index (χ3v) is 5.11. The maximum Gasteiger partial charge on any atom is 0.328 e. The summed E-state index contributed by atoms with van der Waals surface area (Å²) in [6, 6.07) is 0. The van der Waals surface area contributed by atoms with E-state index in [9.17, 15) is 14.4 Å². The maximum atomic E-state index is 12.7. The van der Waals surface area contributed by atoms with Crippen LogP contribution in [0.15, 0.2) is 12.2 Å². The van der Waals surface area contributed by atoms with Gasteiger partial charge in [0.1, 0.15) is 5.60 Å². The van der Waals surface area contributed by atoms with E-state index in [1.807, 2.05) is 0 Å². The average Bonchev–Trinajstić information content (AvgIpc) is 2.76. The lowest BCUT2D eigenvalue weighted by molar-refractivity contribution is -0.178. The molecule has 0 aromatic carbocycles. The number of ether oxygens (including phenoxy) is 2. The standard InChI is InChI=1S/C21H32O5/c1-20(2,3)16(19(24)26-21(4,5)6)18(23)25-17(22)15-12-9-13-7-10-14(15)11-8-13/h7,10,13-16H,8-9,11-12H2,1-6H3. The Morgan fingerprint density at radius 1 is 0.885 bits per heavy atom. The highest BCUT2D eigenvalue weighted by Crippen LogP contribution is 2.39. The molecule has 1 fully saturated rings. The lowest BCUT2D eigenvalue weighted by Crippen LogP contribution is -2.42. The molecule has 5 heteroatoms. The second kappa shape index (κ2) is 7.53. The largest absolute Gasteiger partial charge is 0.459 e. The fourth-order valence-electron chi connectivity index (χ4n) is 3.77. The molecule has 3 rings (SSSR count). The Kier molecular flexibility index (Phi) is 5.99. The van der Waals surface area contributed by atoms with Crippen LogP contribution in [0.3, 0.4) is 0 Å². The fraction of sp³-hybridized carbons (Fsp3) is 0.762. The van der Waals surface area contributed by atoms with Crippen molar-refractivity contribution in [1.82, 2.24) is 0 Å². The molecule has 4 unspecified atom stereocenters. The molecule has 5 nitrogen and oxygen atoms in total. The van der Waals surface area contributed by atoms with E-state index in [0.717, 1.165) is 25.7 Å². The van der Waals surface area contributed by atoms with Crippen LogP contribution in [0, 0.1) is 29.1 Å². The van der Waals surface area contributed by atoms with Crippen molar-refractivity contribution >= 4 is 17.9 Å². The number of rotatable bonds is 3. The van der Waals surface area contributed by atoms with Gasteiger partial charge in [0.25, 0.3) is 0 Å². The van der Waals surface area contributed by atoms with Gasteiger partial charge in [0.15, 0.2) is 5.92 Å². The maximum absolute atomic E-state index is 12.7. The highest BCUT2D eigenvalue weighted by atomic mass is 16.6. The van der Waals surface area contributed by atoms with Crippen molar-refractivity contribution in [3.05, 3.63) is 12.2 Å². The number of carbonyl (C=O) groups is 3. The van der Waals surface area contributed by atoms with E-state index in [1.54, 1.807) is 41.5 Å². The topological polar surface area (TPSA) is 69.7 Å². The number of carbonyl (C=O) groups excluding carboxylic acids is 3. The Hall–Kier alpha value is -1.65. The number of esters is 3. The molecule has 3 aliphatic carbocycles. The predicted octanol–water partition coefficient (Wildman–Crippen LogP) is 4.05. The summed E-state index contributed by atoms with van der Waals surface area (Å²) < 4.78 is 10.6. The molecule has 0 aromatic rings. The van der Waals surface area contributed by atoms with Crippen LogP contribution in [0.5, 0.6) is 0 Å². The van der Waals surface area contributed by atoms with Crippen LogP contribution < -0.4 is 0 Å². The van der Waals surface area contributed by atoms with E-state index in [0.29, 0.717) is 5.92 Å². The van der Waals surface area contributed by atoms with E-state index in [-0.39, 0.29) is 11.8 Å². The molecule has 0 saturated heterocycles. The van der Waals surface area contributed by atoms with Crippen molar-refractivity contribution in [1.29, 1.82) is 0 Å². The lowest BCUT2D eigenvalue weighted by atomic mass is 9.80. The molecule has 2 bridgehead atoms. The van der Waals surface area contributed by atoms with Gasteiger partial charge in [0.2, 0.25) is 0 Å². The molecule has 3 aliphatic rings. The van der Waals surface area contributed by atoms with Crippen molar-refractivity contribution in [3.63, 3.8) is 0 Å². The third kappa shape index (κ3) is 5.18. The SMILES string of the molecule is CC(C)(C)OC(=O)C(C(=O)OC(=O)C1CCC2C=CC1CC2)C(C)(C)C. The van der Waals surface area contributed by atoms with Gasteiger partial charge in [-0.1, -0.05) is 32.9 Å². The van der Waals surface area contributed by atoms with Crippen molar-refractivity contribution in [2.45, 2.75) is 72.8 Å². The van der Waals surface area contributed by atoms with E-state index in [1.165, 1.54) is 0 Å². The molecule has 4 atom stereocenters. The van der Waals surface area contributed by atoms with Gasteiger partial charge in [0, 0.05) is 0 Å². The zero-order chi connectivity index (χ0) is 19.7. The van der Waals surface area contributed by atoms with E-state index in [2.05, 4.69) is 12.2 Å². The molecule has 0 aromatic heterocycles. The lowest BCUT2D eigenvalue weighted by Gasteiger charge is -2.30. The van der Waals surface area contributed by atoms with Crippen LogP contribution >= 0.6 is 0 Å². The number of hydrogen-bond acceptors (Lipinski definition) is 5. The molecule has 146 valence electrons. The summed E-state index contributed by atoms with van der Waals surface area (Å²) in [5.41, 5.74) is -1.42. The molecule has 0 spiro atoms. The molecular formula is C21H32O5. The second-order valence-electron chi connectivity index (χ2n) is 9.64. The second-order valence-corrected chi connectivity index (χ2v) is 9.64. The van der Waals surface area contributed by atoms with Crippen LogP contribution in [0.1, 0.15) is 67.2 Å². The van der Waals surface area contributed by atoms with Crippen molar-refractivity contribution in [3.8, 4) is 0 Å². The molecule has 0 N–H and O–H groups in total. The monoisotopic (exact) mass is 364 g/mol. The summed E-state index contributed by atoms with van der Waals surface area (Å²) in [5, 5.41) is 0. The van der Waals surface area contributed by atoms with E-state index in [4.69, 9.17) is 9.47 Å². The highest BCUT2D eigenvalue weighted by molar-refractivity contribution is 6.00. The van der Waals surface area contributed by atoms with Crippen LogP contribution in [-0.2, 0) is 23.9 Å². The molecular weight excluding hydrogens is 332 g/mol. The fourth-order valence-corrected chi connectivity index (χ4v) is 3.77. The molecule has 0 aliphatic heterocycles. The molecule has 0 radical (unpaired) electrons. The van der Waals surface area contributed by atoms with Gasteiger partial charge in [0.05, 0.1) is 5.92 Å². The summed E-state index contributed by atoms with van der Waals surface area (Å²) in [4.78, 5) is 37.9. The quantitative estimate of drug-likeness (QED) is 0.429. The average molecular weight is 364 g/mol. The van der Waals surface area contributed by atoms with Crippen LogP contribution in [0.25, 0.3) is 0 Å². The number of allylic oxidation sites excluding steroid dienone is 2. The van der Waals surface area contributed by atoms with Crippen molar-refractivity contribution < 1.29 is 23.9 Å². The first-order valence-corrected chi connectivity index (χ1v) is 9.55. The Labute approximate surface area is 156 Å². The minimum absolute atomic E-state index is 0.128. The highest BCUT2D eigenvalue weighted by Gasteiger charge is 2.44. The molecule has 1 saturated carbocycles. The first kappa shape index (κ1) is 20.7. The van der Waals surface area contributed by atoms with E-state index < -0.39 is 34.8 Å². The smallest absolute Gasteiger partial charge is 0.328 e. The summed E-state index contributed by atoms with van der Waals surface area (Å²) in [6.07, 6.45) is 7.97. The van der Waals surface area contributed by atoms with Gasteiger partial charge in [-0.05, 0) is 63.7 Å². The van der Waals surface area contributed by atoms with Crippen LogP contribution in [0.2, 0.25) is 0 Å². The molecule has 0 amide bonds. The van der Waals surface area contributed by atoms with Crippen LogP contribution in [-0.4, -0.2) is 23.5 Å². The zero-order valence-corrected chi connectivity index (χ0v) is 16.8. The van der Waals surface area contributed by atoms with Gasteiger partial charge in [-0.2, -0.15) is 0 Å². The van der Waals surface area contributed by atoms with Crippen molar-refractivity contribution in [2.24, 2.45) is 29.1 Å². The minimum Gasteiger partial charge on any atom is -0.459 e. The third-order valence-electron chi connectivity index (χ3n) is 5.11. The number of hydrogen-bond donors (Lipinski definition) is 0. The van der Waals surface area contributed by atoms with Crippen LogP contribution in [0.4, 0.5) is 0 Å². The molecule has 26 heavy (non-hydrogen) atoms. The normalized spacial score (nSPS) is 26.8. The predicted molar refractivity (Wildman–Crippen MR) is 98.0 cm³/mol. The Bertz CT molecular complexity index is 591. The molecule has 0 heterocycles. The van der Waals surface area contributed by atoms with Gasteiger partial charge >= 0.3 is 17.9 Å². The Balaban J connectivity index is 2.10. The Morgan fingerprint density at radius 2 is 1.50 bits per heavy atom. The Morgan fingerprint density at radius 3 is 2.00 bits per heavy atom. The summed E-state index contributed by atoms with van der Waals surface area (Å²) in [7, 11) is 0. The number of fused-ring (bicyclic) bond motifs is 3. The van der Waals surface area contributed by atoms with Gasteiger partial charge in [-0.25, -0.2) is 0 Å². The first-order valence-electron chi connectivity index (χ1n) is 9.55. The summed E-state index contributed by atoms with van der Waals surface area (Å²) in [5.74, 6) is -2.74. The van der Waals surface area contributed by atoms with E-state index >= 15 is 0 Å². The van der Waals surface area contributed by atoms with Gasteiger partial charge < -0.3 is 9.47 Å². The van der Waals surface area contributed by atoms with Crippen molar-refractivity contribution in [2.75, 3.05) is 0 Å². The minimum atomic E-state index is -1.14. The van der Waals surface area contributed by atoms with Gasteiger partial charge in [-0.3, -0.25) is 14.4 Å². The summed E-state index contributed by atoms with van der Waals surface area (Å²) in [6.45, 7) is 10.5. The zero-order valence-electron chi connectivity index (χ0n) is 16.8. The summed E-state index contributed by atoms with van der Waals surface area (Å²) >= 11 is 0. The first-order chi connectivity index (χ1) is 11.9.